The van der Waals surface area contributed by atoms with Crippen LogP contribution in [0.5, 0.6) is 5.75 Å². The molecule has 9 heteroatoms. The molecule has 0 amide bonds. The number of carbonyl (C=O) groups excluding carboxylic acids is 1. The van der Waals surface area contributed by atoms with E-state index in [-0.39, 0.29) is 5.56 Å². The van der Waals surface area contributed by atoms with Gasteiger partial charge in [0.15, 0.2) is 6.10 Å². The van der Waals surface area contributed by atoms with Crippen LogP contribution in [0.1, 0.15) is 18.3 Å². The van der Waals surface area contributed by atoms with E-state index in [2.05, 4.69) is 30.8 Å². The van der Waals surface area contributed by atoms with Crippen molar-refractivity contribution in [3.05, 3.63) is 67.6 Å². The molecule has 0 fully saturated rings. The van der Waals surface area contributed by atoms with Crippen molar-refractivity contribution >= 4 is 50.6 Å². The minimum absolute atomic E-state index is 0.308. The molecule has 29 heavy (non-hydrogen) atoms. The number of ether oxygens (including phenoxy) is 2. The summed E-state index contributed by atoms with van der Waals surface area (Å²) in [5, 5.41) is 5.16. The second-order valence-electron chi connectivity index (χ2n) is 6.15. The molecule has 0 radical (unpaired) electrons. The van der Waals surface area contributed by atoms with E-state index < -0.39 is 12.1 Å². The topological polar surface area (TPSA) is 82.8 Å². The maximum absolute atomic E-state index is 12.9. The summed E-state index contributed by atoms with van der Waals surface area (Å²) in [6, 6.07) is 10.1. The molecule has 150 valence electrons. The molecule has 0 aliphatic carbocycles. The second kappa shape index (κ2) is 8.75. The lowest BCUT2D eigenvalue weighted by Gasteiger charge is -2.14. The van der Waals surface area contributed by atoms with Crippen molar-refractivity contribution in [3.63, 3.8) is 0 Å². The zero-order valence-corrected chi connectivity index (χ0v) is 18.2. The summed E-state index contributed by atoms with van der Waals surface area (Å²) in [6.45, 7) is 3.26. The summed E-state index contributed by atoms with van der Waals surface area (Å²) in [7, 11) is 1.28. The minimum Gasteiger partial charge on any atom is -0.478 e. The van der Waals surface area contributed by atoms with Gasteiger partial charge in [0.2, 0.25) is 0 Å². The van der Waals surface area contributed by atoms with Crippen molar-refractivity contribution in [3.8, 4) is 5.75 Å². The third-order valence-corrected chi connectivity index (χ3v) is 4.82. The molecule has 0 aliphatic heterocycles. The van der Waals surface area contributed by atoms with E-state index >= 15 is 0 Å². The number of carbonyl (C=O) groups is 1. The third-order valence-electron chi connectivity index (χ3n) is 4.09. The summed E-state index contributed by atoms with van der Waals surface area (Å²) < 4.78 is 12.3. The molecule has 3 aromatic rings. The molecule has 0 N–H and O–H groups in total. The average molecular weight is 479 g/mol. The number of esters is 1. The van der Waals surface area contributed by atoms with Gasteiger partial charge in [0.25, 0.3) is 5.56 Å². The summed E-state index contributed by atoms with van der Waals surface area (Å²) in [5.74, 6) is 0.283. The van der Waals surface area contributed by atoms with Crippen molar-refractivity contribution < 1.29 is 14.3 Å². The van der Waals surface area contributed by atoms with Crippen LogP contribution in [0.4, 0.5) is 0 Å². The van der Waals surface area contributed by atoms with Gasteiger partial charge in [0.1, 0.15) is 11.6 Å². The van der Waals surface area contributed by atoms with Crippen molar-refractivity contribution in [2.45, 2.75) is 20.0 Å². The smallest absolute Gasteiger partial charge is 0.346 e. The van der Waals surface area contributed by atoms with E-state index in [9.17, 15) is 9.59 Å². The Bertz CT molecular complexity index is 1180. The van der Waals surface area contributed by atoms with Crippen LogP contribution in [-0.4, -0.2) is 35.1 Å². The number of fused-ring (bicyclic) bond motifs is 1. The van der Waals surface area contributed by atoms with Crippen LogP contribution in [0.15, 0.2) is 50.8 Å². The molecule has 0 unspecified atom stereocenters. The molecule has 0 saturated carbocycles. The predicted molar refractivity (Wildman–Crippen MR) is 115 cm³/mol. The molecule has 0 bridgehead atoms. The van der Waals surface area contributed by atoms with Crippen LogP contribution in [-0.2, 0) is 9.53 Å². The maximum atomic E-state index is 12.9. The first-order chi connectivity index (χ1) is 13.8. The first-order valence-electron chi connectivity index (χ1n) is 8.57. The van der Waals surface area contributed by atoms with Gasteiger partial charge in [-0.25, -0.2) is 9.78 Å². The maximum Gasteiger partial charge on any atom is 0.346 e. The van der Waals surface area contributed by atoms with E-state index in [1.54, 1.807) is 44.2 Å². The van der Waals surface area contributed by atoms with Crippen molar-refractivity contribution in [2.75, 3.05) is 7.11 Å². The number of aromatic nitrogens is 2. The van der Waals surface area contributed by atoms with Crippen LogP contribution in [0, 0.1) is 6.92 Å². The molecule has 1 atom stereocenters. The average Bonchev–Trinajstić information content (AvgIpc) is 2.69. The highest BCUT2D eigenvalue weighted by Gasteiger charge is 2.16. The van der Waals surface area contributed by atoms with E-state index in [1.807, 2.05) is 6.07 Å². The lowest BCUT2D eigenvalue weighted by atomic mass is 10.2. The fraction of sp³-hybridized carbons (Fsp3) is 0.200. The normalized spacial score (nSPS) is 12.3. The molecule has 0 aliphatic rings. The van der Waals surface area contributed by atoms with Gasteiger partial charge < -0.3 is 9.47 Å². The number of nitrogens with zero attached hydrogens (tertiary/aromatic N) is 3. The van der Waals surface area contributed by atoms with Crippen LogP contribution in [0.2, 0.25) is 5.02 Å². The number of hydrogen-bond acceptors (Lipinski definition) is 6. The molecule has 1 aromatic heterocycles. The van der Waals surface area contributed by atoms with Crippen molar-refractivity contribution in [1.29, 1.82) is 0 Å². The number of benzene rings is 2. The van der Waals surface area contributed by atoms with Gasteiger partial charge in [-0.05, 0) is 50.2 Å². The van der Waals surface area contributed by atoms with Crippen molar-refractivity contribution in [2.24, 2.45) is 5.10 Å². The van der Waals surface area contributed by atoms with E-state index in [1.165, 1.54) is 18.0 Å². The Balaban J connectivity index is 2.03. The monoisotopic (exact) mass is 477 g/mol. The SMILES string of the molecule is COC(=O)[C@H](C)Oc1ccc(Cl)cc1C=Nn1c(C)nc2ccc(Br)cc2c1=O. The number of methoxy groups -OCH3 is 1. The van der Waals surface area contributed by atoms with Gasteiger partial charge in [-0.2, -0.15) is 9.78 Å². The quantitative estimate of drug-likeness (QED) is 0.410. The van der Waals surface area contributed by atoms with Crippen LogP contribution >= 0.6 is 27.5 Å². The number of hydrogen-bond donors (Lipinski definition) is 0. The first kappa shape index (κ1) is 21.0. The Kier molecular flexibility index (Phi) is 6.34. The van der Waals surface area contributed by atoms with Crippen molar-refractivity contribution in [1.82, 2.24) is 9.66 Å². The fourth-order valence-corrected chi connectivity index (χ4v) is 3.19. The molecule has 0 spiro atoms. The zero-order valence-electron chi connectivity index (χ0n) is 15.8. The first-order valence-corrected chi connectivity index (χ1v) is 9.74. The molecule has 0 saturated heterocycles. The van der Waals surface area contributed by atoms with Crippen LogP contribution in [0.25, 0.3) is 10.9 Å². The summed E-state index contributed by atoms with van der Waals surface area (Å²) in [6.07, 6.45) is 0.614. The standard InChI is InChI=1S/C20H17BrClN3O4/c1-11(20(27)28-3)29-18-7-5-15(22)8-13(18)10-23-25-12(2)24-17-6-4-14(21)9-16(17)19(25)26/h4-11H,1-3H3/t11-/m0/s1. The predicted octanol–water partition coefficient (Wildman–Crippen LogP) is 3.94. The zero-order chi connectivity index (χ0) is 21.1. The summed E-state index contributed by atoms with van der Waals surface area (Å²) >= 11 is 9.45. The van der Waals surface area contributed by atoms with E-state index in [4.69, 9.17) is 16.3 Å². The summed E-state index contributed by atoms with van der Waals surface area (Å²) in [4.78, 5) is 28.9. The van der Waals surface area contributed by atoms with Crippen LogP contribution in [0.3, 0.4) is 0 Å². The Morgan fingerprint density at radius 1 is 1.31 bits per heavy atom. The Labute approximate surface area is 180 Å². The van der Waals surface area contributed by atoms with Gasteiger partial charge in [-0.1, -0.05) is 27.5 Å². The minimum atomic E-state index is -0.822. The Morgan fingerprint density at radius 3 is 2.79 bits per heavy atom. The van der Waals surface area contributed by atoms with Gasteiger partial charge in [-0.15, -0.1) is 0 Å². The lowest BCUT2D eigenvalue weighted by Crippen LogP contribution is -2.25. The number of aryl methyl sites for hydroxylation is 1. The van der Waals surface area contributed by atoms with Crippen LogP contribution < -0.4 is 10.3 Å². The number of halogens is 2. The molecule has 3 rings (SSSR count). The molecule has 7 nitrogen and oxygen atoms in total. The van der Waals surface area contributed by atoms with Gasteiger partial charge in [-0.3, -0.25) is 4.79 Å². The third kappa shape index (κ3) is 4.65. The highest BCUT2D eigenvalue weighted by atomic mass is 79.9. The van der Waals surface area contributed by atoms with E-state index in [0.29, 0.717) is 33.1 Å². The molecule has 2 aromatic carbocycles. The van der Waals surface area contributed by atoms with Gasteiger partial charge in [0.05, 0.1) is 24.2 Å². The molecule has 1 heterocycles. The molecular weight excluding hydrogens is 462 g/mol. The highest BCUT2D eigenvalue weighted by molar-refractivity contribution is 9.10. The highest BCUT2D eigenvalue weighted by Crippen LogP contribution is 2.23. The Hall–Kier alpha value is -2.71. The van der Waals surface area contributed by atoms with E-state index in [0.717, 1.165) is 4.47 Å². The van der Waals surface area contributed by atoms with Gasteiger partial charge >= 0.3 is 5.97 Å². The Morgan fingerprint density at radius 2 is 2.07 bits per heavy atom. The van der Waals surface area contributed by atoms with Gasteiger partial charge in [0, 0.05) is 15.1 Å². The lowest BCUT2D eigenvalue weighted by molar-refractivity contribution is -0.147. The largest absolute Gasteiger partial charge is 0.478 e. The second-order valence-corrected chi connectivity index (χ2v) is 7.50. The molecular formula is C20H17BrClN3O4. The summed E-state index contributed by atoms with van der Waals surface area (Å²) in [5.41, 5.74) is 0.771. The number of rotatable bonds is 5. The fourth-order valence-electron chi connectivity index (χ4n) is 2.65.